The first-order valence-corrected chi connectivity index (χ1v) is 9.04. The Morgan fingerprint density at radius 1 is 0.926 bits per heavy atom. The number of carbonyl (C=O) groups is 2. The molecular formula is C22H17N3O2. The predicted molar refractivity (Wildman–Crippen MR) is 98.4 cm³/mol. The second-order valence-corrected chi connectivity index (χ2v) is 7.21. The molecule has 5 heteroatoms. The molecule has 2 fully saturated rings. The molecule has 2 aromatic carbocycles. The van der Waals surface area contributed by atoms with Gasteiger partial charge in [-0.2, -0.15) is 5.26 Å². The van der Waals surface area contributed by atoms with E-state index in [-0.39, 0.29) is 24.4 Å². The highest BCUT2D eigenvalue weighted by atomic mass is 16.2. The summed E-state index contributed by atoms with van der Waals surface area (Å²) >= 11 is 0. The molecule has 27 heavy (non-hydrogen) atoms. The van der Waals surface area contributed by atoms with Crippen LogP contribution in [0.1, 0.15) is 22.7 Å². The van der Waals surface area contributed by atoms with Gasteiger partial charge in [0.2, 0.25) is 11.8 Å². The van der Waals surface area contributed by atoms with Gasteiger partial charge in [-0.1, -0.05) is 54.6 Å². The monoisotopic (exact) mass is 355 g/mol. The summed E-state index contributed by atoms with van der Waals surface area (Å²) in [6.45, 7) is 0.258. The topological polar surface area (TPSA) is 64.4 Å². The minimum Gasteiger partial charge on any atom is -0.353 e. The molecule has 0 saturated carbocycles. The molecule has 2 amide bonds. The van der Waals surface area contributed by atoms with E-state index >= 15 is 0 Å². The molecule has 3 heterocycles. The van der Waals surface area contributed by atoms with Gasteiger partial charge < -0.3 is 4.90 Å². The number of fused-ring (bicyclic) bond motifs is 5. The highest BCUT2D eigenvalue weighted by molar-refractivity contribution is 6.06. The van der Waals surface area contributed by atoms with E-state index in [9.17, 15) is 14.9 Å². The fourth-order valence-electron chi connectivity index (χ4n) is 4.69. The molecule has 2 saturated heterocycles. The molecule has 3 aliphatic heterocycles. The molecule has 0 bridgehead atoms. The number of amides is 2. The van der Waals surface area contributed by atoms with Crippen molar-refractivity contribution in [2.45, 2.75) is 18.6 Å². The molecule has 0 aromatic heterocycles. The van der Waals surface area contributed by atoms with Crippen molar-refractivity contribution in [3.8, 4) is 6.07 Å². The van der Waals surface area contributed by atoms with E-state index in [2.05, 4.69) is 6.07 Å². The van der Waals surface area contributed by atoms with Gasteiger partial charge >= 0.3 is 0 Å². The van der Waals surface area contributed by atoms with Crippen LogP contribution < -0.4 is 0 Å². The maximum Gasteiger partial charge on any atom is 0.236 e. The maximum atomic E-state index is 13.3. The first-order chi connectivity index (χ1) is 13.2. The zero-order valence-electron chi connectivity index (χ0n) is 14.5. The fraction of sp³-hybridized carbons (Fsp3) is 0.227. The molecule has 0 aliphatic carbocycles. The highest BCUT2D eigenvalue weighted by Gasteiger charge is 2.62. The molecule has 5 rings (SSSR count). The van der Waals surface area contributed by atoms with Crippen LogP contribution in [0.3, 0.4) is 0 Å². The Labute approximate surface area is 157 Å². The summed E-state index contributed by atoms with van der Waals surface area (Å²) in [7, 11) is 0. The van der Waals surface area contributed by atoms with Crippen LogP contribution in [0.5, 0.6) is 0 Å². The van der Waals surface area contributed by atoms with Gasteiger partial charge in [0.25, 0.3) is 0 Å². The minimum absolute atomic E-state index is 0.174. The number of benzene rings is 2. The smallest absolute Gasteiger partial charge is 0.236 e. The van der Waals surface area contributed by atoms with E-state index in [0.29, 0.717) is 0 Å². The van der Waals surface area contributed by atoms with Gasteiger partial charge in [0.05, 0.1) is 30.5 Å². The van der Waals surface area contributed by atoms with Crippen molar-refractivity contribution in [3.05, 3.63) is 77.5 Å². The molecule has 4 unspecified atom stereocenters. The van der Waals surface area contributed by atoms with Crippen molar-refractivity contribution in [3.63, 3.8) is 0 Å². The molecule has 2 aromatic rings. The zero-order valence-corrected chi connectivity index (χ0v) is 14.5. The van der Waals surface area contributed by atoms with Crippen LogP contribution >= 0.6 is 0 Å². The predicted octanol–water partition coefficient (Wildman–Crippen LogP) is 2.72. The van der Waals surface area contributed by atoms with Crippen LogP contribution in [-0.4, -0.2) is 27.7 Å². The highest BCUT2D eigenvalue weighted by Crippen LogP contribution is 2.52. The summed E-state index contributed by atoms with van der Waals surface area (Å²) in [6.07, 6.45) is 3.81. The lowest BCUT2D eigenvalue weighted by Gasteiger charge is -2.33. The van der Waals surface area contributed by atoms with Gasteiger partial charge in [-0.05, 0) is 22.8 Å². The van der Waals surface area contributed by atoms with Crippen molar-refractivity contribution in [2.75, 3.05) is 0 Å². The number of hydrogen-bond donors (Lipinski definition) is 0. The third-order valence-corrected chi connectivity index (χ3v) is 5.87. The second-order valence-electron chi connectivity index (χ2n) is 7.21. The largest absolute Gasteiger partial charge is 0.353 e. The fourth-order valence-corrected chi connectivity index (χ4v) is 4.69. The summed E-state index contributed by atoms with van der Waals surface area (Å²) in [5, 5.41) is 9.77. The van der Waals surface area contributed by atoms with Crippen molar-refractivity contribution >= 4 is 17.9 Å². The number of rotatable bonds is 2. The Kier molecular flexibility index (Phi) is 3.41. The summed E-state index contributed by atoms with van der Waals surface area (Å²) in [5.74, 6) is -1.55. The summed E-state index contributed by atoms with van der Waals surface area (Å²) in [5.41, 5.74) is 2.96. The number of carbonyl (C=O) groups excluding carboxylic acids is 2. The number of nitrogens with zero attached hydrogens (tertiary/aromatic N) is 3. The van der Waals surface area contributed by atoms with E-state index in [1.807, 2.05) is 71.8 Å². The first kappa shape index (κ1) is 15.8. The molecule has 5 nitrogen and oxygen atoms in total. The van der Waals surface area contributed by atoms with Crippen LogP contribution in [0.2, 0.25) is 0 Å². The van der Waals surface area contributed by atoms with E-state index in [1.54, 1.807) is 0 Å². The van der Waals surface area contributed by atoms with Crippen LogP contribution in [0.4, 0.5) is 0 Å². The number of likely N-dealkylation sites (tertiary alicyclic amines) is 1. The Morgan fingerprint density at radius 3 is 2.41 bits per heavy atom. The third-order valence-electron chi connectivity index (χ3n) is 5.87. The lowest BCUT2D eigenvalue weighted by molar-refractivity contribution is -0.141. The van der Waals surface area contributed by atoms with E-state index in [0.717, 1.165) is 16.7 Å². The van der Waals surface area contributed by atoms with Gasteiger partial charge in [-0.15, -0.1) is 0 Å². The molecule has 0 N–H and O–H groups in total. The van der Waals surface area contributed by atoms with Crippen molar-refractivity contribution in [2.24, 2.45) is 11.8 Å². The van der Waals surface area contributed by atoms with E-state index in [4.69, 9.17) is 0 Å². The van der Waals surface area contributed by atoms with Gasteiger partial charge in [-0.25, -0.2) is 0 Å². The Balaban J connectivity index is 1.56. The average molecular weight is 355 g/mol. The molecular weight excluding hydrogens is 338 g/mol. The maximum absolute atomic E-state index is 13.3. The quantitative estimate of drug-likeness (QED) is 0.777. The lowest BCUT2D eigenvalue weighted by atomic mass is 9.85. The van der Waals surface area contributed by atoms with Crippen molar-refractivity contribution in [1.29, 1.82) is 5.26 Å². The standard InChI is InChI=1S/C22H17N3O2/c23-12-17-18-19(20-16-9-5-4-8-15(16)10-11-24(17)20)22(27)25(21(18)26)13-14-6-2-1-3-7-14/h1-11,17-20H,13H2. The Hall–Kier alpha value is -3.39. The third kappa shape index (κ3) is 2.16. The van der Waals surface area contributed by atoms with Gasteiger partial charge in [0, 0.05) is 6.20 Å². The normalized spacial score (nSPS) is 28.0. The number of hydrogen-bond acceptors (Lipinski definition) is 4. The van der Waals surface area contributed by atoms with Gasteiger partial charge in [-0.3, -0.25) is 14.5 Å². The average Bonchev–Trinajstić information content (AvgIpc) is 3.17. The van der Waals surface area contributed by atoms with E-state index in [1.165, 1.54) is 4.90 Å². The molecule has 4 atom stereocenters. The second kappa shape index (κ2) is 5.82. The van der Waals surface area contributed by atoms with Crippen LogP contribution in [0.25, 0.3) is 6.08 Å². The Bertz CT molecular complexity index is 1010. The lowest BCUT2D eigenvalue weighted by Crippen LogP contribution is -2.39. The Morgan fingerprint density at radius 2 is 1.63 bits per heavy atom. The molecule has 132 valence electrons. The number of nitriles is 1. The van der Waals surface area contributed by atoms with Crippen molar-refractivity contribution < 1.29 is 9.59 Å². The summed E-state index contributed by atoms with van der Waals surface area (Å²) in [4.78, 5) is 29.6. The molecule has 0 spiro atoms. The van der Waals surface area contributed by atoms with Gasteiger partial charge in [0.1, 0.15) is 6.04 Å². The van der Waals surface area contributed by atoms with Crippen LogP contribution in [0, 0.1) is 23.2 Å². The molecule has 0 radical (unpaired) electrons. The molecule has 3 aliphatic rings. The van der Waals surface area contributed by atoms with Crippen LogP contribution in [-0.2, 0) is 16.1 Å². The first-order valence-electron chi connectivity index (χ1n) is 9.04. The SMILES string of the molecule is N#CC1C2C(=O)N(Cc3ccccc3)C(=O)C2C2c3ccccc3C=CN12. The summed E-state index contributed by atoms with van der Waals surface area (Å²) < 4.78 is 0. The minimum atomic E-state index is -0.623. The zero-order chi connectivity index (χ0) is 18.5. The van der Waals surface area contributed by atoms with Gasteiger partial charge in [0.15, 0.2) is 0 Å². The number of imide groups is 1. The van der Waals surface area contributed by atoms with Crippen molar-refractivity contribution in [1.82, 2.24) is 9.80 Å². The van der Waals surface area contributed by atoms with E-state index < -0.39 is 17.9 Å². The van der Waals surface area contributed by atoms with Crippen LogP contribution in [0.15, 0.2) is 60.8 Å². The summed E-state index contributed by atoms with van der Waals surface area (Å²) in [6, 6.07) is 18.8.